The van der Waals surface area contributed by atoms with Gasteiger partial charge in [-0.25, -0.2) is 4.79 Å². The second kappa shape index (κ2) is 8.49. The first-order chi connectivity index (χ1) is 11.8. The lowest BCUT2D eigenvalue weighted by molar-refractivity contribution is 0.0750. The molecule has 1 saturated heterocycles. The average molecular weight is 332 g/mol. The summed E-state index contributed by atoms with van der Waals surface area (Å²) in [5.74, 6) is 0.621. The van der Waals surface area contributed by atoms with Crippen LogP contribution in [0, 0.1) is 5.92 Å². The third-order valence-corrected chi connectivity index (χ3v) is 5.02. The summed E-state index contributed by atoms with van der Waals surface area (Å²) in [6, 6.07) is 10.5. The molecule has 0 radical (unpaired) electrons. The van der Waals surface area contributed by atoms with Gasteiger partial charge in [0.05, 0.1) is 6.61 Å². The van der Waals surface area contributed by atoms with Crippen molar-refractivity contribution >= 4 is 6.09 Å². The van der Waals surface area contributed by atoms with Crippen LogP contribution in [-0.2, 0) is 11.3 Å². The Hall–Kier alpha value is -1.59. The molecule has 2 fully saturated rings. The molecular weight excluding hydrogens is 304 g/mol. The summed E-state index contributed by atoms with van der Waals surface area (Å²) in [6.07, 6.45) is 4.38. The molecule has 1 aliphatic heterocycles. The lowest BCUT2D eigenvalue weighted by Gasteiger charge is -2.34. The van der Waals surface area contributed by atoms with E-state index in [0.717, 1.165) is 44.6 Å². The van der Waals surface area contributed by atoms with Crippen LogP contribution in [0.25, 0.3) is 0 Å². The summed E-state index contributed by atoms with van der Waals surface area (Å²) in [5, 5.41) is 9.20. The molecule has 132 valence electrons. The second-order valence-electron chi connectivity index (χ2n) is 6.92. The molecule has 5 nitrogen and oxygen atoms in total. The van der Waals surface area contributed by atoms with E-state index < -0.39 is 0 Å². The van der Waals surface area contributed by atoms with Gasteiger partial charge in [0.2, 0.25) is 0 Å². The molecule has 1 aliphatic carbocycles. The van der Waals surface area contributed by atoms with E-state index in [4.69, 9.17) is 4.74 Å². The van der Waals surface area contributed by atoms with Gasteiger partial charge >= 0.3 is 6.09 Å². The van der Waals surface area contributed by atoms with E-state index in [9.17, 15) is 9.90 Å². The molecular formula is C19H28N2O3. The van der Waals surface area contributed by atoms with Gasteiger partial charge in [-0.05, 0) is 37.2 Å². The first-order valence-electron chi connectivity index (χ1n) is 9.07. The van der Waals surface area contributed by atoms with Gasteiger partial charge in [0, 0.05) is 32.2 Å². The Labute approximate surface area is 144 Å². The minimum atomic E-state index is -0.202. The Bertz CT molecular complexity index is 511. The SMILES string of the molecule is O=C(OCc1ccccc1)N1CCC(CN(CCO)C2CC2)CC1. The highest BCUT2D eigenvalue weighted by Crippen LogP contribution is 2.29. The van der Waals surface area contributed by atoms with Crippen LogP contribution < -0.4 is 0 Å². The Morgan fingerprint density at radius 3 is 2.50 bits per heavy atom. The predicted octanol–water partition coefficient (Wildman–Crippen LogP) is 2.49. The average Bonchev–Trinajstić information content (AvgIpc) is 3.46. The van der Waals surface area contributed by atoms with Crippen LogP contribution in [0.3, 0.4) is 0 Å². The minimum absolute atomic E-state index is 0.202. The van der Waals surface area contributed by atoms with Gasteiger partial charge in [0.1, 0.15) is 6.61 Å². The summed E-state index contributed by atoms with van der Waals surface area (Å²) >= 11 is 0. The van der Waals surface area contributed by atoms with Gasteiger partial charge in [0.25, 0.3) is 0 Å². The van der Waals surface area contributed by atoms with E-state index in [1.54, 1.807) is 0 Å². The van der Waals surface area contributed by atoms with Gasteiger partial charge in [-0.3, -0.25) is 4.90 Å². The molecule has 0 bridgehead atoms. The lowest BCUT2D eigenvalue weighted by Crippen LogP contribution is -2.42. The van der Waals surface area contributed by atoms with E-state index in [1.807, 2.05) is 35.2 Å². The largest absolute Gasteiger partial charge is 0.445 e. The summed E-state index contributed by atoms with van der Waals surface area (Å²) in [6.45, 7) is 3.96. The number of aliphatic hydroxyl groups excluding tert-OH is 1. The highest BCUT2D eigenvalue weighted by Gasteiger charge is 2.32. The standard InChI is InChI=1S/C19H28N2O3/c22-13-12-21(18-6-7-18)14-16-8-10-20(11-9-16)19(23)24-15-17-4-2-1-3-5-17/h1-5,16,18,22H,6-15H2. The van der Waals surface area contributed by atoms with Gasteiger partial charge in [0.15, 0.2) is 0 Å². The molecule has 3 rings (SSSR count). The summed E-state index contributed by atoms with van der Waals surface area (Å²) < 4.78 is 5.41. The van der Waals surface area contributed by atoms with Gasteiger partial charge in [-0.1, -0.05) is 30.3 Å². The molecule has 0 atom stereocenters. The number of hydrogen-bond acceptors (Lipinski definition) is 4. The number of amides is 1. The summed E-state index contributed by atoms with van der Waals surface area (Å²) in [5.41, 5.74) is 1.02. The molecule has 1 N–H and O–H groups in total. The highest BCUT2D eigenvalue weighted by molar-refractivity contribution is 5.67. The first-order valence-corrected chi connectivity index (χ1v) is 9.07. The van der Waals surface area contributed by atoms with Crippen molar-refractivity contribution in [1.29, 1.82) is 0 Å². The zero-order valence-electron chi connectivity index (χ0n) is 14.3. The number of rotatable bonds is 7. The predicted molar refractivity (Wildman–Crippen MR) is 92.6 cm³/mol. The van der Waals surface area contributed by atoms with Crippen LogP contribution in [0.2, 0.25) is 0 Å². The van der Waals surface area contributed by atoms with E-state index in [2.05, 4.69) is 4.90 Å². The van der Waals surface area contributed by atoms with Crippen LogP contribution in [0.15, 0.2) is 30.3 Å². The van der Waals surface area contributed by atoms with Crippen molar-refractivity contribution < 1.29 is 14.6 Å². The molecule has 24 heavy (non-hydrogen) atoms. The smallest absolute Gasteiger partial charge is 0.410 e. The zero-order valence-corrected chi connectivity index (χ0v) is 14.3. The van der Waals surface area contributed by atoms with Gasteiger partial charge in [-0.15, -0.1) is 0 Å². The summed E-state index contributed by atoms with van der Waals surface area (Å²) in [7, 11) is 0. The molecule has 0 unspecified atom stereocenters. The van der Waals surface area contributed by atoms with Crippen molar-refractivity contribution in [3.8, 4) is 0 Å². The molecule has 0 spiro atoms. The van der Waals surface area contributed by atoms with E-state index in [0.29, 0.717) is 18.6 Å². The van der Waals surface area contributed by atoms with Crippen LogP contribution in [0.4, 0.5) is 4.79 Å². The minimum Gasteiger partial charge on any atom is -0.445 e. The molecule has 5 heteroatoms. The number of carbonyl (C=O) groups excluding carboxylic acids is 1. The third kappa shape index (κ3) is 4.95. The molecule has 2 aliphatic rings. The number of carbonyl (C=O) groups is 1. The van der Waals surface area contributed by atoms with Gasteiger partial charge in [-0.2, -0.15) is 0 Å². The fraction of sp³-hybridized carbons (Fsp3) is 0.632. The van der Waals surface area contributed by atoms with Crippen molar-refractivity contribution in [2.24, 2.45) is 5.92 Å². The highest BCUT2D eigenvalue weighted by atomic mass is 16.6. The van der Waals surface area contributed by atoms with Crippen LogP contribution >= 0.6 is 0 Å². The Kier molecular flexibility index (Phi) is 6.10. The molecule has 1 aromatic rings. The second-order valence-corrected chi connectivity index (χ2v) is 6.92. The Balaban J connectivity index is 1.38. The lowest BCUT2D eigenvalue weighted by atomic mass is 9.96. The van der Waals surface area contributed by atoms with E-state index >= 15 is 0 Å². The Morgan fingerprint density at radius 1 is 1.17 bits per heavy atom. The van der Waals surface area contributed by atoms with Crippen molar-refractivity contribution in [3.05, 3.63) is 35.9 Å². The van der Waals surface area contributed by atoms with E-state index in [1.165, 1.54) is 12.8 Å². The fourth-order valence-electron chi connectivity index (χ4n) is 3.43. The van der Waals surface area contributed by atoms with Crippen molar-refractivity contribution in [2.75, 3.05) is 32.8 Å². The number of nitrogens with zero attached hydrogens (tertiary/aromatic N) is 2. The number of ether oxygens (including phenoxy) is 1. The third-order valence-electron chi connectivity index (χ3n) is 5.02. The van der Waals surface area contributed by atoms with Crippen molar-refractivity contribution in [1.82, 2.24) is 9.80 Å². The first kappa shape index (κ1) is 17.2. The zero-order chi connectivity index (χ0) is 16.8. The monoisotopic (exact) mass is 332 g/mol. The quantitative estimate of drug-likeness (QED) is 0.833. The molecule has 1 saturated carbocycles. The Morgan fingerprint density at radius 2 is 1.88 bits per heavy atom. The van der Waals surface area contributed by atoms with Gasteiger partial charge < -0.3 is 14.7 Å². The van der Waals surface area contributed by atoms with Crippen LogP contribution in [-0.4, -0.2) is 59.8 Å². The maximum atomic E-state index is 12.2. The molecule has 1 heterocycles. The molecule has 1 amide bonds. The van der Waals surface area contributed by atoms with E-state index in [-0.39, 0.29) is 12.7 Å². The fourth-order valence-corrected chi connectivity index (χ4v) is 3.43. The number of benzene rings is 1. The normalized spacial score (nSPS) is 18.8. The van der Waals surface area contributed by atoms with Crippen LogP contribution in [0.1, 0.15) is 31.2 Å². The number of piperidine rings is 1. The van der Waals surface area contributed by atoms with Crippen molar-refractivity contribution in [3.63, 3.8) is 0 Å². The maximum absolute atomic E-state index is 12.2. The topological polar surface area (TPSA) is 53.0 Å². The van der Waals surface area contributed by atoms with Crippen molar-refractivity contribution in [2.45, 2.75) is 38.3 Å². The number of aliphatic hydroxyl groups is 1. The summed E-state index contributed by atoms with van der Waals surface area (Å²) in [4.78, 5) is 16.4. The maximum Gasteiger partial charge on any atom is 0.410 e. The molecule has 1 aromatic carbocycles. The number of hydrogen-bond donors (Lipinski definition) is 1. The number of likely N-dealkylation sites (tertiary alicyclic amines) is 1. The molecule has 0 aromatic heterocycles. The van der Waals surface area contributed by atoms with Crippen LogP contribution in [0.5, 0.6) is 0 Å².